The van der Waals surface area contributed by atoms with Crippen molar-refractivity contribution in [3.05, 3.63) is 41.7 Å². The number of amides is 2. The van der Waals surface area contributed by atoms with E-state index >= 15 is 0 Å². The SMILES string of the molecule is Cc1ccc(S(=O)(=O)[N+]2(C(N)=O)C=NC(CC(C)N)=C2)cc1. The fourth-order valence-corrected chi connectivity index (χ4v) is 3.64. The molecule has 2 amide bonds. The molecule has 1 aromatic carbocycles. The van der Waals surface area contributed by atoms with Gasteiger partial charge in [0.2, 0.25) is 6.34 Å². The summed E-state index contributed by atoms with van der Waals surface area (Å²) in [6, 6.07) is 4.95. The van der Waals surface area contributed by atoms with Crippen molar-refractivity contribution in [2.24, 2.45) is 16.5 Å². The van der Waals surface area contributed by atoms with E-state index in [4.69, 9.17) is 11.5 Å². The summed E-state index contributed by atoms with van der Waals surface area (Å²) in [5.74, 6) is 0. The number of benzene rings is 1. The predicted molar refractivity (Wildman–Crippen MR) is 83.1 cm³/mol. The van der Waals surface area contributed by atoms with E-state index < -0.39 is 19.9 Å². The Morgan fingerprint density at radius 1 is 1.32 bits per heavy atom. The summed E-state index contributed by atoms with van der Waals surface area (Å²) in [5, 5.41) is 0. The lowest BCUT2D eigenvalue weighted by molar-refractivity contribution is -0.539. The molecule has 118 valence electrons. The number of urea groups is 1. The summed E-state index contributed by atoms with van der Waals surface area (Å²) in [4.78, 5) is 15.9. The van der Waals surface area contributed by atoms with E-state index in [1.165, 1.54) is 18.3 Å². The Balaban J connectivity index is 2.54. The summed E-state index contributed by atoms with van der Waals surface area (Å²) < 4.78 is 24.5. The fraction of sp³-hybridized carbons (Fsp3) is 0.286. The van der Waals surface area contributed by atoms with Crippen molar-refractivity contribution >= 4 is 22.4 Å². The molecule has 4 N–H and O–H groups in total. The topological polar surface area (TPSA) is 116 Å². The van der Waals surface area contributed by atoms with E-state index in [0.29, 0.717) is 12.1 Å². The first kappa shape index (κ1) is 16.3. The van der Waals surface area contributed by atoms with Crippen molar-refractivity contribution < 1.29 is 17.1 Å². The second-order valence-corrected chi connectivity index (χ2v) is 7.41. The number of nitrogens with zero attached hydrogens (tertiary/aromatic N) is 2. The molecule has 8 heteroatoms. The number of aliphatic imine (C=N–C) groups is 1. The first-order valence-corrected chi connectivity index (χ1v) is 8.16. The predicted octanol–water partition coefficient (Wildman–Crippen LogP) is 1.20. The molecule has 0 saturated carbocycles. The highest BCUT2D eigenvalue weighted by Gasteiger charge is 2.50. The van der Waals surface area contributed by atoms with Gasteiger partial charge in [0.05, 0.1) is 0 Å². The minimum atomic E-state index is -4.09. The average Bonchev–Trinajstić information content (AvgIpc) is 2.84. The normalized spacial score (nSPS) is 22.4. The number of carbonyl (C=O) groups excluding carboxylic acids is 1. The van der Waals surface area contributed by atoms with Gasteiger partial charge < -0.3 is 11.5 Å². The lowest BCUT2D eigenvalue weighted by atomic mass is 10.2. The lowest BCUT2D eigenvalue weighted by Crippen LogP contribution is -2.53. The van der Waals surface area contributed by atoms with Crippen LogP contribution in [0.4, 0.5) is 4.79 Å². The van der Waals surface area contributed by atoms with Crippen molar-refractivity contribution in [1.82, 2.24) is 0 Å². The number of rotatable bonds is 4. The molecule has 1 aliphatic rings. The maximum atomic E-state index is 12.8. The van der Waals surface area contributed by atoms with Crippen LogP contribution in [0.2, 0.25) is 0 Å². The zero-order valence-corrected chi connectivity index (χ0v) is 13.2. The van der Waals surface area contributed by atoms with Crippen LogP contribution >= 0.6 is 0 Å². The molecule has 0 saturated heterocycles. The van der Waals surface area contributed by atoms with Crippen molar-refractivity contribution in [3.63, 3.8) is 0 Å². The maximum Gasteiger partial charge on any atom is 0.440 e. The second-order valence-electron chi connectivity index (χ2n) is 5.38. The molecule has 0 fully saturated rings. The van der Waals surface area contributed by atoms with E-state index in [0.717, 1.165) is 11.9 Å². The second kappa shape index (κ2) is 5.64. The number of aryl methyl sites for hydroxylation is 1. The zero-order chi connectivity index (χ0) is 16.5. The minimum absolute atomic E-state index is 0.00152. The molecule has 0 aromatic heterocycles. The smallest absolute Gasteiger partial charge is 0.328 e. The minimum Gasteiger partial charge on any atom is -0.328 e. The molecule has 0 spiro atoms. The van der Waals surface area contributed by atoms with Gasteiger partial charge in [0.1, 0.15) is 16.8 Å². The first-order valence-electron chi connectivity index (χ1n) is 6.72. The highest BCUT2D eigenvalue weighted by Crippen LogP contribution is 2.29. The van der Waals surface area contributed by atoms with Crippen molar-refractivity contribution in [2.45, 2.75) is 31.2 Å². The largest absolute Gasteiger partial charge is 0.440 e. The molecule has 2 rings (SSSR count). The van der Waals surface area contributed by atoms with Gasteiger partial charge in [-0.05, 0) is 26.0 Å². The van der Waals surface area contributed by atoms with Crippen molar-refractivity contribution in [3.8, 4) is 0 Å². The Labute approximate surface area is 129 Å². The number of hydrogen-bond donors (Lipinski definition) is 2. The number of quaternary nitrogens is 1. The Kier molecular flexibility index (Phi) is 4.19. The number of nitrogens with two attached hydrogens (primary N) is 2. The van der Waals surface area contributed by atoms with Crippen molar-refractivity contribution in [2.75, 3.05) is 0 Å². The monoisotopic (exact) mass is 323 g/mol. The van der Waals surface area contributed by atoms with Crippen LogP contribution < -0.4 is 11.5 Å². The van der Waals surface area contributed by atoms with Crippen molar-refractivity contribution in [1.29, 1.82) is 0 Å². The molecule has 2 atom stereocenters. The molecule has 2 unspecified atom stereocenters. The van der Waals surface area contributed by atoms with Gasteiger partial charge in [-0.1, -0.05) is 21.6 Å². The van der Waals surface area contributed by atoms with Gasteiger partial charge in [-0.15, -0.1) is 0 Å². The summed E-state index contributed by atoms with van der Waals surface area (Å²) in [7, 11) is -4.09. The van der Waals surface area contributed by atoms with E-state index in [-0.39, 0.29) is 10.9 Å². The van der Waals surface area contributed by atoms with Crippen LogP contribution in [-0.4, -0.2) is 30.7 Å². The molecular weight excluding hydrogens is 304 g/mol. The van der Waals surface area contributed by atoms with Gasteiger partial charge in [0.15, 0.2) is 0 Å². The fourth-order valence-electron chi connectivity index (χ4n) is 2.14. The van der Waals surface area contributed by atoms with Crippen LogP contribution in [0.25, 0.3) is 0 Å². The third kappa shape index (κ3) is 2.68. The molecule has 1 aliphatic heterocycles. The highest BCUT2D eigenvalue weighted by molar-refractivity contribution is 7.86. The van der Waals surface area contributed by atoms with Crippen LogP contribution in [0.15, 0.2) is 46.1 Å². The van der Waals surface area contributed by atoms with Crippen LogP contribution in [-0.2, 0) is 10.0 Å². The summed E-state index contributed by atoms with van der Waals surface area (Å²) in [5.41, 5.74) is 12.4. The van der Waals surface area contributed by atoms with E-state index in [2.05, 4.69) is 4.99 Å². The Morgan fingerprint density at radius 3 is 2.41 bits per heavy atom. The number of hydrogen-bond acceptors (Lipinski definition) is 5. The van der Waals surface area contributed by atoms with Gasteiger partial charge in [-0.2, -0.15) is 8.42 Å². The molecule has 0 bridgehead atoms. The van der Waals surface area contributed by atoms with Crippen LogP contribution in [0.1, 0.15) is 18.9 Å². The molecule has 7 nitrogen and oxygen atoms in total. The summed E-state index contributed by atoms with van der Waals surface area (Å²) in [6.07, 6.45) is 2.63. The van der Waals surface area contributed by atoms with Gasteiger partial charge in [0, 0.05) is 12.5 Å². The summed E-state index contributed by atoms with van der Waals surface area (Å²) in [6.45, 7) is 3.61. The first-order chi connectivity index (χ1) is 10.2. The van der Waals surface area contributed by atoms with Crippen LogP contribution in [0.3, 0.4) is 0 Å². The Bertz CT molecular complexity index is 751. The average molecular weight is 323 g/mol. The molecule has 0 radical (unpaired) electrons. The highest BCUT2D eigenvalue weighted by atomic mass is 32.2. The molecule has 1 aromatic rings. The number of carbonyl (C=O) groups is 1. The van der Waals surface area contributed by atoms with Gasteiger partial charge in [0.25, 0.3) is 0 Å². The van der Waals surface area contributed by atoms with Crippen LogP contribution in [0, 0.1) is 6.92 Å². The standard InChI is InChI=1S/C14H18N4O3S/c1-10-3-5-13(6-4-10)22(20,21)18(14(16)19)8-12(17-9-18)7-11(2)15/h3-6,8-9,11H,7,15H2,1-2H3,(H-,16,19)/p+1. The van der Waals surface area contributed by atoms with E-state index in [9.17, 15) is 13.2 Å². The lowest BCUT2D eigenvalue weighted by Gasteiger charge is -2.21. The maximum absolute atomic E-state index is 12.8. The third-order valence-electron chi connectivity index (χ3n) is 3.33. The molecule has 0 aliphatic carbocycles. The van der Waals surface area contributed by atoms with Crippen LogP contribution in [0.5, 0.6) is 0 Å². The third-order valence-corrected chi connectivity index (χ3v) is 5.37. The summed E-state index contributed by atoms with van der Waals surface area (Å²) >= 11 is 0. The number of primary amides is 1. The molecule has 1 heterocycles. The molecule has 22 heavy (non-hydrogen) atoms. The number of sulfonamides is 1. The zero-order valence-electron chi connectivity index (χ0n) is 12.4. The van der Waals surface area contributed by atoms with E-state index in [1.807, 2.05) is 6.92 Å². The van der Waals surface area contributed by atoms with Gasteiger partial charge in [-0.25, -0.2) is 9.79 Å². The quantitative estimate of drug-likeness (QED) is 0.810. The Hall–Kier alpha value is -2.03. The van der Waals surface area contributed by atoms with E-state index in [1.54, 1.807) is 19.1 Å². The van der Waals surface area contributed by atoms with Gasteiger partial charge >= 0.3 is 16.1 Å². The Morgan fingerprint density at radius 2 is 1.91 bits per heavy atom. The molecular formula is C14H19N4O3S+. The van der Waals surface area contributed by atoms with Gasteiger partial charge in [-0.3, -0.25) is 0 Å².